The number of nitrogens with zero attached hydrogens (tertiary/aromatic N) is 2. The molecule has 0 saturated carbocycles. The molecule has 6 aromatic carbocycles. The van der Waals surface area contributed by atoms with Gasteiger partial charge >= 0.3 is 0 Å². The third kappa shape index (κ3) is 4.30. The Labute approximate surface area is 277 Å². The summed E-state index contributed by atoms with van der Waals surface area (Å²) in [6.07, 6.45) is 3.57. The van der Waals surface area contributed by atoms with Crippen molar-refractivity contribution in [3.8, 4) is 17.2 Å². The highest BCUT2D eigenvalue weighted by atomic mass is 15.2. The van der Waals surface area contributed by atoms with Gasteiger partial charge in [0.05, 0.1) is 17.7 Å². The molecule has 0 bridgehead atoms. The smallest absolute Gasteiger partial charge is 0.0991 e. The first kappa shape index (κ1) is 28.1. The molecule has 47 heavy (non-hydrogen) atoms. The summed E-state index contributed by atoms with van der Waals surface area (Å²) in [6.45, 7) is 9.10. The van der Waals surface area contributed by atoms with Gasteiger partial charge < -0.3 is 4.90 Å². The minimum Gasteiger partial charge on any atom is -0.332 e. The number of nitriles is 1. The van der Waals surface area contributed by atoms with Gasteiger partial charge in [-0.15, -0.1) is 0 Å². The van der Waals surface area contributed by atoms with E-state index in [-0.39, 0.29) is 12.0 Å². The molecule has 0 N–H and O–H groups in total. The Morgan fingerprint density at radius 2 is 1.32 bits per heavy atom. The average Bonchev–Trinajstić information content (AvgIpc) is 3.59. The van der Waals surface area contributed by atoms with Gasteiger partial charge in [-0.2, -0.15) is 5.26 Å². The number of fused-ring (bicyclic) bond motifs is 8. The van der Waals surface area contributed by atoms with Crippen LogP contribution in [0.2, 0.25) is 0 Å². The summed E-state index contributed by atoms with van der Waals surface area (Å²) in [6, 6.07) is 43.5. The molecular weight excluding hydrogens is 569 g/mol. The summed E-state index contributed by atoms with van der Waals surface area (Å²) in [4.78, 5) is 2.66. The lowest BCUT2D eigenvalue weighted by atomic mass is 9.72. The molecule has 3 atom stereocenters. The second-order valence-corrected chi connectivity index (χ2v) is 14.5. The van der Waals surface area contributed by atoms with E-state index in [2.05, 4.69) is 148 Å². The van der Waals surface area contributed by atoms with Gasteiger partial charge in [-0.1, -0.05) is 107 Å². The molecule has 2 heteroatoms. The van der Waals surface area contributed by atoms with Gasteiger partial charge in [0.2, 0.25) is 0 Å². The Morgan fingerprint density at radius 1 is 0.638 bits per heavy atom. The van der Waals surface area contributed by atoms with Crippen molar-refractivity contribution in [1.29, 1.82) is 5.26 Å². The van der Waals surface area contributed by atoms with E-state index in [4.69, 9.17) is 0 Å². The lowest BCUT2D eigenvalue weighted by Gasteiger charge is -2.32. The first-order valence-corrected chi connectivity index (χ1v) is 17.1. The van der Waals surface area contributed by atoms with Crippen molar-refractivity contribution in [1.82, 2.24) is 0 Å². The second-order valence-electron chi connectivity index (χ2n) is 14.5. The van der Waals surface area contributed by atoms with Crippen LogP contribution in [0.25, 0.3) is 38.2 Å². The highest BCUT2D eigenvalue weighted by Crippen LogP contribution is 2.62. The summed E-state index contributed by atoms with van der Waals surface area (Å²) in [5.41, 5.74) is 14.1. The van der Waals surface area contributed by atoms with Gasteiger partial charge in [-0.25, -0.2) is 0 Å². The van der Waals surface area contributed by atoms with E-state index in [0.29, 0.717) is 17.8 Å². The molecule has 9 rings (SSSR count). The molecule has 3 unspecified atom stereocenters. The summed E-state index contributed by atoms with van der Waals surface area (Å²) in [5, 5.41) is 15.2. The summed E-state index contributed by atoms with van der Waals surface area (Å²) in [5.74, 6) is 1.50. The fraction of sp³-hybridized carbons (Fsp3) is 0.222. The molecule has 2 aliphatic heterocycles. The molecule has 0 saturated heterocycles. The van der Waals surface area contributed by atoms with Gasteiger partial charge in [0.15, 0.2) is 0 Å². The predicted molar refractivity (Wildman–Crippen MR) is 197 cm³/mol. The number of allylic oxidation sites excluding steroid dienone is 1. The van der Waals surface area contributed by atoms with Crippen LogP contribution in [0.15, 0.2) is 115 Å². The van der Waals surface area contributed by atoms with E-state index in [1.807, 2.05) is 6.07 Å². The Morgan fingerprint density at radius 3 is 2.00 bits per heavy atom. The number of benzene rings is 6. The monoisotopic (exact) mass is 606 g/mol. The average molecular weight is 607 g/mol. The first-order valence-electron chi connectivity index (χ1n) is 17.1. The van der Waals surface area contributed by atoms with Crippen molar-refractivity contribution in [2.24, 2.45) is 0 Å². The molecule has 228 valence electrons. The SMILES string of the molecule is CC(C)c1ccc2cc3c(cc2c1)C1=CC(c2cc(C#N)ccc2-c2ccccc2)CC2c4cc5cc(C(C)C)ccc5cc4N3C12. The largest absolute Gasteiger partial charge is 0.332 e. The number of hydrogen-bond acceptors (Lipinski definition) is 2. The lowest BCUT2D eigenvalue weighted by Crippen LogP contribution is -2.29. The van der Waals surface area contributed by atoms with E-state index >= 15 is 0 Å². The molecule has 3 aliphatic rings. The normalized spacial score (nSPS) is 19.2. The molecule has 2 heterocycles. The lowest BCUT2D eigenvalue weighted by molar-refractivity contribution is 0.552. The first-order chi connectivity index (χ1) is 22.9. The topological polar surface area (TPSA) is 27.0 Å². The van der Waals surface area contributed by atoms with Gasteiger partial charge in [0.25, 0.3) is 0 Å². The Bertz CT molecular complexity index is 2320. The van der Waals surface area contributed by atoms with Crippen LogP contribution in [0.1, 0.15) is 91.2 Å². The minimum atomic E-state index is 0.184. The third-order valence-corrected chi connectivity index (χ3v) is 11.1. The molecule has 2 nitrogen and oxygen atoms in total. The van der Waals surface area contributed by atoms with Crippen LogP contribution in [0, 0.1) is 11.3 Å². The zero-order valence-electron chi connectivity index (χ0n) is 27.5. The second kappa shape index (κ2) is 10.4. The predicted octanol–water partition coefficient (Wildman–Crippen LogP) is 12.0. The Hall–Kier alpha value is -5.13. The Kier molecular flexibility index (Phi) is 6.25. The highest BCUT2D eigenvalue weighted by Gasteiger charge is 2.50. The van der Waals surface area contributed by atoms with Gasteiger partial charge in [-0.3, -0.25) is 0 Å². The van der Waals surface area contributed by atoms with E-state index in [1.165, 1.54) is 77.4 Å². The van der Waals surface area contributed by atoms with Gasteiger partial charge in [0, 0.05) is 28.8 Å². The summed E-state index contributed by atoms with van der Waals surface area (Å²) < 4.78 is 0. The van der Waals surface area contributed by atoms with Crippen LogP contribution in [-0.2, 0) is 0 Å². The molecule has 1 aliphatic carbocycles. The fourth-order valence-corrected chi connectivity index (χ4v) is 8.61. The molecule has 0 spiro atoms. The van der Waals surface area contributed by atoms with Crippen LogP contribution < -0.4 is 4.90 Å². The van der Waals surface area contributed by atoms with Gasteiger partial charge in [-0.05, 0) is 115 Å². The summed E-state index contributed by atoms with van der Waals surface area (Å²) >= 11 is 0. The van der Waals surface area contributed by atoms with Crippen LogP contribution in [-0.4, -0.2) is 6.04 Å². The minimum absolute atomic E-state index is 0.184. The fourth-order valence-electron chi connectivity index (χ4n) is 8.61. The van der Waals surface area contributed by atoms with Crippen LogP contribution in [0.4, 0.5) is 11.4 Å². The maximum absolute atomic E-state index is 9.99. The zero-order valence-corrected chi connectivity index (χ0v) is 27.5. The maximum atomic E-state index is 9.99. The highest BCUT2D eigenvalue weighted by molar-refractivity contribution is 6.04. The van der Waals surface area contributed by atoms with Crippen molar-refractivity contribution >= 4 is 38.5 Å². The molecule has 0 fully saturated rings. The van der Waals surface area contributed by atoms with Crippen molar-refractivity contribution < 1.29 is 0 Å². The van der Waals surface area contributed by atoms with Crippen molar-refractivity contribution in [3.63, 3.8) is 0 Å². The standard InChI is InChI=1S/C45H38N2/c1-26(2)30-11-13-32-23-43-39(19-34(32)17-30)41-21-36(38-16-28(25-46)10-15-37(38)29-8-6-5-7-9-29)22-42-40-20-35-18-31(27(3)4)12-14-33(35)24-44(40)47(43)45(41)42/h5-21,23-24,26-27,36,42,45H,22H2,1-4H3. The van der Waals surface area contributed by atoms with Crippen molar-refractivity contribution in [2.75, 3.05) is 4.90 Å². The van der Waals surface area contributed by atoms with Crippen LogP contribution in [0.5, 0.6) is 0 Å². The maximum Gasteiger partial charge on any atom is 0.0991 e. The van der Waals surface area contributed by atoms with E-state index in [1.54, 1.807) is 0 Å². The van der Waals surface area contributed by atoms with Crippen LogP contribution >= 0.6 is 0 Å². The summed E-state index contributed by atoms with van der Waals surface area (Å²) in [7, 11) is 0. The molecule has 6 aromatic rings. The quantitative estimate of drug-likeness (QED) is 0.200. The number of hydrogen-bond donors (Lipinski definition) is 0. The molecule has 0 amide bonds. The van der Waals surface area contributed by atoms with E-state index in [9.17, 15) is 5.26 Å². The van der Waals surface area contributed by atoms with E-state index < -0.39 is 0 Å². The molecular formula is C45H38N2. The molecule has 0 radical (unpaired) electrons. The third-order valence-electron chi connectivity index (χ3n) is 11.1. The Balaban J connectivity index is 1.29. The van der Waals surface area contributed by atoms with Crippen LogP contribution in [0.3, 0.4) is 0 Å². The number of rotatable bonds is 4. The zero-order chi connectivity index (χ0) is 32.0. The molecule has 0 aromatic heterocycles. The van der Waals surface area contributed by atoms with Crippen molar-refractivity contribution in [2.45, 2.75) is 63.8 Å². The van der Waals surface area contributed by atoms with Crippen molar-refractivity contribution in [3.05, 3.63) is 149 Å². The van der Waals surface area contributed by atoms with E-state index in [0.717, 1.165) is 12.0 Å². The van der Waals surface area contributed by atoms with Gasteiger partial charge in [0.1, 0.15) is 0 Å². The number of anilines is 2.